The first-order chi connectivity index (χ1) is 29.0. The van der Waals surface area contributed by atoms with Crippen LogP contribution < -0.4 is 4.90 Å². The average Bonchev–Trinajstić information content (AvgIpc) is 3.75. The predicted molar refractivity (Wildman–Crippen MR) is 249 cm³/mol. The fourth-order valence-electron chi connectivity index (χ4n) is 9.48. The Labute approximate surface area is 345 Å². The quantitative estimate of drug-likeness (QED) is 0.157. The van der Waals surface area contributed by atoms with Crippen LogP contribution in [-0.4, -0.2) is 4.57 Å². The number of nitrogens with zero attached hydrogens (tertiary/aromatic N) is 2. The first-order valence-electron chi connectivity index (χ1n) is 20.5. The standard InChI is InChI=1S/C57H42N2/c1-57(2)52-23-13-12-21-49(52)56-48(22-14-24-53(56)57)43-30-36-55-51(38-43)50-37-42(29-35-54(50)59(55)45-19-10-5-11-20-45)41-27-33-47(34-28-41)58(44-17-8-4-9-18-44)46-31-25-40(26-32-46)39-15-6-3-7-16-39/h3-38H,1-2H3. The summed E-state index contributed by atoms with van der Waals surface area (Å²) in [5.41, 5.74) is 19.7. The smallest absolute Gasteiger partial charge is 0.0541 e. The van der Waals surface area contributed by atoms with Gasteiger partial charge in [0.2, 0.25) is 0 Å². The summed E-state index contributed by atoms with van der Waals surface area (Å²) in [6, 6.07) is 79.7. The first-order valence-corrected chi connectivity index (χ1v) is 20.5. The SMILES string of the molecule is CC1(C)c2ccccc2-c2c(-c3ccc4c(c3)c3cc(-c5ccc(N(c6ccccc6)c6ccc(-c7ccccc7)cc6)cc5)ccc3n4-c3ccccc3)cccc21. The van der Waals surface area contributed by atoms with Crippen molar-refractivity contribution in [2.45, 2.75) is 19.3 Å². The van der Waals surface area contributed by atoms with Gasteiger partial charge in [-0.3, -0.25) is 0 Å². The second kappa shape index (κ2) is 13.9. The lowest BCUT2D eigenvalue weighted by Crippen LogP contribution is -2.14. The van der Waals surface area contributed by atoms with Crippen LogP contribution in [0, 0.1) is 0 Å². The number of rotatable bonds is 7. The Kier molecular flexibility index (Phi) is 8.20. The third-order valence-corrected chi connectivity index (χ3v) is 12.4. The summed E-state index contributed by atoms with van der Waals surface area (Å²) in [5.74, 6) is 0. The zero-order valence-electron chi connectivity index (χ0n) is 33.2. The number of fused-ring (bicyclic) bond motifs is 6. The highest BCUT2D eigenvalue weighted by Crippen LogP contribution is 2.52. The van der Waals surface area contributed by atoms with Crippen LogP contribution in [-0.2, 0) is 5.41 Å². The predicted octanol–water partition coefficient (Wildman–Crippen LogP) is 15.6. The number of anilines is 3. The van der Waals surface area contributed by atoms with E-state index in [0.29, 0.717) is 0 Å². The van der Waals surface area contributed by atoms with Crippen LogP contribution >= 0.6 is 0 Å². The maximum atomic E-state index is 2.42. The van der Waals surface area contributed by atoms with Crippen molar-refractivity contribution in [1.82, 2.24) is 4.57 Å². The zero-order chi connectivity index (χ0) is 39.5. The molecule has 0 amide bonds. The molecule has 59 heavy (non-hydrogen) atoms. The van der Waals surface area contributed by atoms with Gasteiger partial charge in [-0.05, 0) is 128 Å². The Bertz CT molecular complexity index is 3140. The monoisotopic (exact) mass is 754 g/mol. The Hall–Kier alpha value is -7.42. The summed E-state index contributed by atoms with van der Waals surface area (Å²) in [7, 11) is 0. The lowest BCUT2D eigenvalue weighted by molar-refractivity contribution is 0.660. The highest BCUT2D eigenvalue weighted by molar-refractivity contribution is 6.12. The third kappa shape index (κ3) is 5.79. The highest BCUT2D eigenvalue weighted by Gasteiger charge is 2.36. The normalized spacial score (nSPS) is 12.7. The van der Waals surface area contributed by atoms with E-state index in [1.165, 1.54) is 77.4 Å². The van der Waals surface area contributed by atoms with E-state index in [-0.39, 0.29) is 5.41 Å². The molecule has 280 valence electrons. The molecule has 1 heterocycles. The molecule has 0 N–H and O–H groups in total. The molecule has 0 spiro atoms. The van der Waals surface area contributed by atoms with Gasteiger partial charge in [0.1, 0.15) is 0 Å². The second-order valence-corrected chi connectivity index (χ2v) is 16.2. The minimum atomic E-state index is -0.0507. The van der Waals surface area contributed by atoms with Crippen LogP contribution in [0.1, 0.15) is 25.0 Å². The number of hydrogen-bond acceptors (Lipinski definition) is 1. The molecule has 0 unspecified atom stereocenters. The van der Waals surface area contributed by atoms with Gasteiger partial charge >= 0.3 is 0 Å². The van der Waals surface area contributed by atoms with E-state index in [1.54, 1.807) is 0 Å². The fourth-order valence-corrected chi connectivity index (χ4v) is 9.48. The zero-order valence-corrected chi connectivity index (χ0v) is 33.2. The van der Waals surface area contributed by atoms with Crippen LogP contribution in [0.15, 0.2) is 218 Å². The van der Waals surface area contributed by atoms with Crippen molar-refractivity contribution in [1.29, 1.82) is 0 Å². The molecular weight excluding hydrogens is 713 g/mol. The van der Waals surface area contributed by atoms with Gasteiger partial charge in [0.25, 0.3) is 0 Å². The Morgan fingerprint density at radius 3 is 1.47 bits per heavy atom. The van der Waals surface area contributed by atoms with E-state index in [4.69, 9.17) is 0 Å². The van der Waals surface area contributed by atoms with Crippen LogP contribution in [0.5, 0.6) is 0 Å². The molecule has 0 saturated carbocycles. The van der Waals surface area contributed by atoms with Crippen molar-refractivity contribution >= 4 is 38.9 Å². The molecule has 0 bridgehead atoms. The van der Waals surface area contributed by atoms with Gasteiger partial charge < -0.3 is 9.47 Å². The molecule has 10 aromatic rings. The topological polar surface area (TPSA) is 8.17 Å². The Balaban J connectivity index is 1.02. The van der Waals surface area contributed by atoms with Gasteiger partial charge in [-0.1, -0.05) is 159 Å². The summed E-state index contributed by atoms with van der Waals surface area (Å²) >= 11 is 0. The summed E-state index contributed by atoms with van der Waals surface area (Å²) in [4.78, 5) is 2.33. The molecule has 9 aromatic carbocycles. The van der Waals surface area contributed by atoms with E-state index in [9.17, 15) is 0 Å². The molecule has 0 saturated heterocycles. The van der Waals surface area contributed by atoms with Crippen LogP contribution in [0.2, 0.25) is 0 Å². The minimum absolute atomic E-state index is 0.0507. The van der Waals surface area contributed by atoms with Crippen molar-refractivity contribution in [3.05, 3.63) is 230 Å². The molecular formula is C57H42N2. The molecule has 2 heteroatoms. The maximum Gasteiger partial charge on any atom is 0.0541 e. The summed E-state index contributed by atoms with van der Waals surface area (Å²) in [5, 5.41) is 2.49. The molecule has 11 rings (SSSR count). The third-order valence-electron chi connectivity index (χ3n) is 12.4. The number of benzene rings is 9. The molecule has 1 aliphatic rings. The van der Waals surface area contributed by atoms with E-state index >= 15 is 0 Å². The summed E-state index contributed by atoms with van der Waals surface area (Å²) < 4.78 is 2.41. The molecule has 0 fully saturated rings. The minimum Gasteiger partial charge on any atom is -0.311 e. The van der Waals surface area contributed by atoms with Gasteiger partial charge in [0.15, 0.2) is 0 Å². The first kappa shape index (κ1) is 34.8. The van der Waals surface area contributed by atoms with Crippen LogP contribution in [0.4, 0.5) is 17.1 Å². The van der Waals surface area contributed by atoms with Crippen molar-refractivity contribution in [3.63, 3.8) is 0 Å². The van der Waals surface area contributed by atoms with Gasteiger partial charge in [-0.15, -0.1) is 0 Å². The van der Waals surface area contributed by atoms with Gasteiger partial charge in [0.05, 0.1) is 11.0 Å². The van der Waals surface area contributed by atoms with Crippen LogP contribution in [0.25, 0.3) is 72.0 Å². The number of hydrogen-bond donors (Lipinski definition) is 0. The molecule has 1 aliphatic carbocycles. The largest absolute Gasteiger partial charge is 0.311 e. The fraction of sp³-hybridized carbons (Fsp3) is 0.0526. The lowest BCUT2D eigenvalue weighted by atomic mass is 9.82. The van der Waals surface area contributed by atoms with E-state index < -0.39 is 0 Å². The number of para-hydroxylation sites is 2. The van der Waals surface area contributed by atoms with Gasteiger partial charge in [-0.25, -0.2) is 0 Å². The molecule has 1 aromatic heterocycles. The van der Waals surface area contributed by atoms with Crippen molar-refractivity contribution < 1.29 is 0 Å². The molecule has 0 aliphatic heterocycles. The Morgan fingerprint density at radius 1 is 0.356 bits per heavy atom. The molecule has 0 atom stereocenters. The van der Waals surface area contributed by atoms with E-state index in [2.05, 4.69) is 242 Å². The van der Waals surface area contributed by atoms with Crippen molar-refractivity contribution in [2.24, 2.45) is 0 Å². The number of aromatic nitrogens is 1. The highest BCUT2D eigenvalue weighted by atomic mass is 15.1. The lowest BCUT2D eigenvalue weighted by Gasteiger charge is -2.26. The molecule has 0 radical (unpaired) electrons. The van der Waals surface area contributed by atoms with Crippen molar-refractivity contribution in [2.75, 3.05) is 4.90 Å². The van der Waals surface area contributed by atoms with Gasteiger partial charge in [0, 0.05) is 38.9 Å². The van der Waals surface area contributed by atoms with Crippen molar-refractivity contribution in [3.8, 4) is 50.2 Å². The molecule has 2 nitrogen and oxygen atoms in total. The average molecular weight is 755 g/mol. The summed E-state index contributed by atoms with van der Waals surface area (Å²) in [6.07, 6.45) is 0. The van der Waals surface area contributed by atoms with Crippen LogP contribution in [0.3, 0.4) is 0 Å². The van der Waals surface area contributed by atoms with E-state index in [0.717, 1.165) is 22.7 Å². The van der Waals surface area contributed by atoms with Gasteiger partial charge in [-0.2, -0.15) is 0 Å². The maximum absolute atomic E-state index is 2.42. The Morgan fingerprint density at radius 2 is 0.814 bits per heavy atom. The van der Waals surface area contributed by atoms with E-state index in [1.807, 2.05) is 0 Å². The summed E-state index contributed by atoms with van der Waals surface area (Å²) in [6.45, 7) is 4.71. The second-order valence-electron chi connectivity index (χ2n) is 16.2.